The molecule has 1 N–H and O–H groups in total. The highest BCUT2D eigenvalue weighted by atomic mass is 19.2. The molecule has 1 saturated carbocycles. The monoisotopic (exact) mass is 305 g/mol. The lowest BCUT2D eigenvalue weighted by Crippen LogP contribution is -2.09. The molecule has 0 amide bonds. The molecular weight excluding hydrogens is 297 g/mol. The van der Waals surface area contributed by atoms with Crippen molar-refractivity contribution in [1.29, 1.82) is 0 Å². The number of benzene rings is 1. The van der Waals surface area contributed by atoms with Gasteiger partial charge in [0.15, 0.2) is 34.9 Å². The Labute approximate surface area is 114 Å². The number of hydrogen-bond donors (Lipinski definition) is 1. The van der Waals surface area contributed by atoms with Crippen LogP contribution in [0.1, 0.15) is 24.7 Å². The minimum Gasteiger partial charge on any atom is -0.388 e. The third kappa shape index (κ3) is 1.99. The van der Waals surface area contributed by atoms with E-state index in [0.29, 0.717) is 12.8 Å². The van der Waals surface area contributed by atoms with Crippen LogP contribution in [0.5, 0.6) is 0 Å². The number of aliphatic hydroxyl groups is 1. The van der Waals surface area contributed by atoms with E-state index in [1.54, 1.807) is 0 Å². The van der Waals surface area contributed by atoms with Crippen LogP contribution in [-0.2, 0) is 6.61 Å². The van der Waals surface area contributed by atoms with Crippen LogP contribution in [0.25, 0.3) is 11.4 Å². The van der Waals surface area contributed by atoms with Crippen LogP contribution in [0, 0.1) is 29.1 Å². The number of nitrogens with zero attached hydrogens (tertiary/aromatic N) is 3. The van der Waals surface area contributed by atoms with E-state index in [9.17, 15) is 22.0 Å². The molecule has 0 aliphatic heterocycles. The first kappa shape index (κ1) is 13.9. The zero-order valence-corrected chi connectivity index (χ0v) is 10.4. The lowest BCUT2D eigenvalue weighted by atomic mass is 10.1. The van der Waals surface area contributed by atoms with Crippen LogP contribution in [0.2, 0.25) is 0 Å². The van der Waals surface area contributed by atoms with Gasteiger partial charge in [0, 0.05) is 6.04 Å². The molecule has 0 saturated heterocycles. The number of hydrogen-bond acceptors (Lipinski definition) is 3. The molecule has 4 nitrogen and oxygen atoms in total. The van der Waals surface area contributed by atoms with Crippen LogP contribution >= 0.6 is 0 Å². The molecule has 0 bridgehead atoms. The van der Waals surface area contributed by atoms with Crippen molar-refractivity contribution in [3.05, 3.63) is 34.9 Å². The van der Waals surface area contributed by atoms with E-state index in [0.717, 1.165) is 0 Å². The average Bonchev–Trinajstić information content (AvgIpc) is 3.23. The second kappa shape index (κ2) is 4.76. The zero-order valence-electron chi connectivity index (χ0n) is 10.4. The highest BCUT2D eigenvalue weighted by Crippen LogP contribution is 2.40. The predicted molar refractivity (Wildman–Crippen MR) is 59.4 cm³/mol. The zero-order chi connectivity index (χ0) is 15.3. The second-order valence-corrected chi connectivity index (χ2v) is 4.64. The third-order valence-corrected chi connectivity index (χ3v) is 3.25. The van der Waals surface area contributed by atoms with Gasteiger partial charge in [-0.2, -0.15) is 0 Å². The Bertz CT molecular complexity index is 697. The van der Waals surface area contributed by atoms with E-state index in [1.807, 2.05) is 0 Å². The van der Waals surface area contributed by atoms with Gasteiger partial charge in [-0.25, -0.2) is 22.0 Å². The molecule has 1 aliphatic carbocycles. The van der Waals surface area contributed by atoms with Gasteiger partial charge in [-0.05, 0) is 12.8 Å². The van der Waals surface area contributed by atoms with Crippen molar-refractivity contribution in [2.75, 3.05) is 0 Å². The minimum absolute atomic E-state index is 0.0106. The Morgan fingerprint density at radius 3 is 1.90 bits per heavy atom. The van der Waals surface area contributed by atoms with E-state index < -0.39 is 47.1 Å². The van der Waals surface area contributed by atoms with Crippen molar-refractivity contribution in [1.82, 2.24) is 14.8 Å². The number of rotatable bonds is 3. The summed E-state index contributed by atoms with van der Waals surface area (Å²) in [6.07, 6.45) is 1.29. The molecule has 0 unspecified atom stereocenters. The summed E-state index contributed by atoms with van der Waals surface area (Å²) < 4.78 is 68.4. The van der Waals surface area contributed by atoms with E-state index >= 15 is 0 Å². The summed E-state index contributed by atoms with van der Waals surface area (Å²) in [4.78, 5) is 0. The number of aliphatic hydroxyl groups excluding tert-OH is 1. The molecule has 2 aromatic rings. The van der Waals surface area contributed by atoms with E-state index in [-0.39, 0.29) is 11.9 Å². The minimum atomic E-state index is -2.23. The Kier molecular flexibility index (Phi) is 3.16. The summed E-state index contributed by atoms with van der Waals surface area (Å²) >= 11 is 0. The first-order valence-corrected chi connectivity index (χ1v) is 6.03. The van der Waals surface area contributed by atoms with Gasteiger partial charge in [-0.3, -0.25) is 0 Å². The molecule has 3 rings (SSSR count). The molecule has 0 atom stereocenters. The van der Waals surface area contributed by atoms with E-state index in [1.165, 1.54) is 4.57 Å². The Morgan fingerprint density at radius 1 is 0.905 bits per heavy atom. The first-order valence-electron chi connectivity index (χ1n) is 6.03. The quantitative estimate of drug-likeness (QED) is 0.538. The summed E-state index contributed by atoms with van der Waals surface area (Å²) in [5.74, 6) is -10.7. The van der Waals surface area contributed by atoms with Crippen molar-refractivity contribution in [2.45, 2.75) is 25.5 Å². The molecule has 1 aromatic heterocycles. The normalized spacial score (nSPS) is 14.8. The number of halogens is 5. The van der Waals surface area contributed by atoms with Gasteiger partial charge in [0.25, 0.3) is 0 Å². The van der Waals surface area contributed by atoms with Gasteiger partial charge in [0.2, 0.25) is 5.82 Å². The topological polar surface area (TPSA) is 50.9 Å². The van der Waals surface area contributed by atoms with Crippen molar-refractivity contribution in [3.8, 4) is 11.4 Å². The molecule has 1 fully saturated rings. The van der Waals surface area contributed by atoms with Crippen LogP contribution in [0.4, 0.5) is 22.0 Å². The van der Waals surface area contributed by atoms with Crippen LogP contribution in [0.15, 0.2) is 0 Å². The molecule has 1 aromatic carbocycles. The van der Waals surface area contributed by atoms with E-state index in [2.05, 4.69) is 10.2 Å². The summed E-state index contributed by atoms with van der Waals surface area (Å²) in [5, 5.41) is 16.1. The summed E-state index contributed by atoms with van der Waals surface area (Å²) in [5.41, 5.74) is -1.13. The molecule has 0 spiro atoms. The largest absolute Gasteiger partial charge is 0.388 e. The fourth-order valence-electron chi connectivity index (χ4n) is 2.12. The van der Waals surface area contributed by atoms with Crippen LogP contribution < -0.4 is 0 Å². The van der Waals surface area contributed by atoms with Gasteiger partial charge < -0.3 is 9.67 Å². The first-order chi connectivity index (χ1) is 9.97. The Hall–Kier alpha value is -2.03. The fourth-order valence-corrected chi connectivity index (χ4v) is 2.12. The summed E-state index contributed by atoms with van der Waals surface area (Å²) in [6, 6.07) is -0.216. The van der Waals surface area contributed by atoms with Crippen LogP contribution in [0.3, 0.4) is 0 Å². The van der Waals surface area contributed by atoms with Gasteiger partial charge in [-0.1, -0.05) is 0 Å². The fraction of sp³-hybridized carbons (Fsp3) is 0.333. The van der Waals surface area contributed by atoms with Gasteiger partial charge in [-0.15, -0.1) is 10.2 Å². The maximum absolute atomic E-state index is 13.8. The highest BCUT2D eigenvalue weighted by Gasteiger charge is 2.34. The Balaban J connectivity index is 2.29. The average molecular weight is 305 g/mol. The van der Waals surface area contributed by atoms with Crippen molar-refractivity contribution >= 4 is 0 Å². The SMILES string of the molecule is OCc1nnc(-c2c(F)c(F)c(F)c(F)c2F)n1C1CC1. The highest BCUT2D eigenvalue weighted by molar-refractivity contribution is 5.58. The maximum Gasteiger partial charge on any atom is 0.200 e. The molecule has 112 valence electrons. The molecule has 1 heterocycles. The van der Waals surface area contributed by atoms with Gasteiger partial charge >= 0.3 is 0 Å². The number of aromatic nitrogens is 3. The molecule has 9 heteroatoms. The smallest absolute Gasteiger partial charge is 0.200 e. The predicted octanol–water partition coefficient (Wildman–Crippen LogP) is 2.47. The van der Waals surface area contributed by atoms with Crippen molar-refractivity contribution < 1.29 is 27.1 Å². The van der Waals surface area contributed by atoms with E-state index in [4.69, 9.17) is 5.11 Å². The second-order valence-electron chi connectivity index (χ2n) is 4.64. The lowest BCUT2D eigenvalue weighted by molar-refractivity contribution is 0.264. The summed E-state index contributed by atoms with van der Waals surface area (Å²) in [6.45, 7) is -0.557. The van der Waals surface area contributed by atoms with Crippen molar-refractivity contribution in [2.24, 2.45) is 0 Å². The molecule has 21 heavy (non-hydrogen) atoms. The lowest BCUT2D eigenvalue weighted by Gasteiger charge is -2.10. The Morgan fingerprint density at radius 2 is 1.43 bits per heavy atom. The molecule has 0 radical (unpaired) electrons. The maximum atomic E-state index is 13.8. The standard InChI is InChI=1S/C12H8F5N3O/c13-7-6(8(14)10(16)11(17)9(7)15)12-19-18-5(3-21)20(12)4-1-2-4/h4,21H,1-3H2. The van der Waals surface area contributed by atoms with Gasteiger partial charge in [0.05, 0.1) is 5.56 Å². The van der Waals surface area contributed by atoms with Gasteiger partial charge in [0.1, 0.15) is 6.61 Å². The molecular formula is C12H8F5N3O. The summed E-state index contributed by atoms with van der Waals surface area (Å²) in [7, 11) is 0. The third-order valence-electron chi connectivity index (χ3n) is 3.25. The van der Waals surface area contributed by atoms with Crippen molar-refractivity contribution in [3.63, 3.8) is 0 Å². The molecule has 1 aliphatic rings. The van der Waals surface area contributed by atoms with Crippen LogP contribution in [-0.4, -0.2) is 19.9 Å².